The molecule has 1 aromatic heterocycles. The van der Waals surface area contributed by atoms with Crippen LogP contribution < -0.4 is 5.32 Å². The van der Waals surface area contributed by atoms with Gasteiger partial charge in [-0.2, -0.15) is 4.98 Å². The van der Waals surface area contributed by atoms with Crippen molar-refractivity contribution in [3.05, 3.63) is 11.7 Å². The van der Waals surface area contributed by atoms with E-state index in [4.69, 9.17) is 9.26 Å². The maximum Gasteiger partial charge on any atom is 0.228 e. The molecule has 0 amide bonds. The third-order valence-electron chi connectivity index (χ3n) is 3.13. The first-order valence-corrected chi connectivity index (χ1v) is 5.78. The maximum absolute atomic E-state index is 5.67. The highest BCUT2D eigenvalue weighted by molar-refractivity contribution is 5.02. The van der Waals surface area contributed by atoms with Crippen molar-refractivity contribution in [3.63, 3.8) is 0 Å². The number of aromatic nitrogens is 2. The molecule has 1 N–H and O–H groups in total. The zero-order valence-electron chi connectivity index (χ0n) is 10.1. The van der Waals surface area contributed by atoms with Gasteiger partial charge in [-0.3, -0.25) is 0 Å². The standard InChI is InChI=1S/C11H19N3O2/c1-8(12-3)7-9-13-10(14-16-9)11(2)5-4-6-15-11/h8,12H,4-7H2,1-3H3. The smallest absolute Gasteiger partial charge is 0.228 e. The molecular formula is C11H19N3O2. The Kier molecular flexibility index (Phi) is 3.25. The first-order valence-electron chi connectivity index (χ1n) is 5.78. The molecule has 2 atom stereocenters. The Hall–Kier alpha value is -0.940. The number of rotatable bonds is 4. The summed E-state index contributed by atoms with van der Waals surface area (Å²) in [6.07, 6.45) is 2.78. The lowest BCUT2D eigenvalue weighted by molar-refractivity contribution is 0.00768. The molecule has 90 valence electrons. The lowest BCUT2D eigenvalue weighted by Gasteiger charge is -2.17. The van der Waals surface area contributed by atoms with Crippen LogP contribution in [0.5, 0.6) is 0 Å². The van der Waals surface area contributed by atoms with E-state index in [9.17, 15) is 0 Å². The van der Waals surface area contributed by atoms with Gasteiger partial charge in [0.2, 0.25) is 11.7 Å². The van der Waals surface area contributed by atoms with Crippen LogP contribution in [0.3, 0.4) is 0 Å². The van der Waals surface area contributed by atoms with E-state index in [1.54, 1.807) is 0 Å². The summed E-state index contributed by atoms with van der Waals surface area (Å²) in [6, 6.07) is 0.339. The molecule has 0 saturated carbocycles. The van der Waals surface area contributed by atoms with Crippen molar-refractivity contribution in [2.24, 2.45) is 0 Å². The van der Waals surface area contributed by atoms with Crippen LogP contribution in [0.25, 0.3) is 0 Å². The minimum absolute atomic E-state index is 0.339. The molecule has 5 heteroatoms. The van der Waals surface area contributed by atoms with Crippen LogP contribution in [0.1, 0.15) is 38.4 Å². The lowest BCUT2D eigenvalue weighted by Crippen LogP contribution is -2.24. The van der Waals surface area contributed by atoms with E-state index in [0.717, 1.165) is 25.9 Å². The van der Waals surface area contributed by atoms with E-state index in [0.29, 0.717) is 17.8 Å². The fourth-order valence-corrected chi connectivity index (χ4v) is 1.87. The van der Waals surface area contributed by atoms with Crippen molar-refractivity contribution >= 4 is 0 Å². The van der Waals surface area contributed by atoms with E-state index < -0.39 is 0 Å². The molecule has 5 nitrogen and oxygen atoms in total. The molecule has 0 aliphatic carbocycles. The zero-order valence-corrected chi connectivity index (χ0v) is 10.1. The van der Waals surface area contributed by atoms with Gasteiger partial charge in [-0.15, -0.1) is 0 Å². The molecule has 1 saturated heterocycles. The molecule has 1 aliphatic heterocycles. The van der Waals surface area contributed by atoms with Gasteiger partial charge >= 0.3 is 0 Å². The van der Waals surface area contributed by atoms with Crippen LogP contribution >= 0.6 is 0 Å². The van der Waals surface area contributed by atoms with Crippen LogP contribution in [0.15, 0.2) is 4.52 Å². The zero-order chi connectivity index (χ0) is 11.6. The van der Waals surface area contributed by atoms with Crippen molar-refractivity contribution in [2.45, 2.75) is 44.8 Å². The Morgan fingerprint density at radius 3 is 3.00 bits per heavy atom. The quantitative estimate of drug-likeness (QED) is 0.835. The van der Waals surface area contributed by atoms with Gasteiger partial charge in [-0.25, -0.2) is 0 Å². The highest BCUT2D eigenvalue weighted by Gasteiger charge is 2.36. The number of hydrogen-bond acceptors (Lipinski definition) is 5. The average molecular weight is 225 g/mol. The Bertz CT molecular complexity index is 345. The molecule has 0 aromatic carbocycles. The van der Waals surface area contributed by atoms with Gasteiger partial charge in [-0.05, 0) is 33.7 Å². The summed E-state index contributed by atoms with van der Waals surface area (Å²) in [7, 11) is 1.92. The molecule has 0 bridgehead atoms. The Balaban J connectivity index is 2.07. The van der Waals surface area contributed by atoms with E-state index in [-0.39, 0.29) is 5.60 Å². The third kappa shape index (κ3) is 2.25. The summed E-state index contributed by atoms with van der Waals surface area (Å²) in [6.45, 7) is 4.89. The SMILES string of the molecule is CNC(C)Cc1nc(C2(C)CCCO2)no1. The van der Waals surface area contributed by atoms with Crippen molar-refractivity contribution < 1.29 is 9.26 Å². The topological polar surface area (TPSA) is 60.2 Å². The Morgan fingerprint density at radius 1 is 1.56 bits per heavy atom. The van der Waals surface area contributed by atoms with Crippen LogP contribution in [0.4, 0.5) is 0 Å². The summed E-state index contributed by atoms with van der Waals surface area (Å²) >= 11 is 0. The van der Waals surface area contributed by atoms with Gasteiger partial charge in [-0.1, -0.05) is 5.16 Å². The van der Waals surface area contributed by atoms with Crippen molar-refractivity contribution in [1.82, 2.24) is 15.5 Å². The first-order chi connectivity index (χ1) is 7.64. The molecule has 1 aliphatic rings. The van der Waals surface area contributed by atoms with E-state index >= 15 is 0 Å². The number of hydrogen-bond donors (Lipinski definition) is 1. The van der Waals surface area contributed by atoms with Gasteiger partial charge in [0.15, 0.2) is 0 Å². The monoisotopic (exact) mass is 225 g/mol. The average Bonchev–Trinajstić information content (AvgIpc) is 2.88. The fraction of sp³-hybridized carbons (Fsp3) is 0.818. The van der Waals surface area contributed by atoms with Gasteiger partial charge < -0.3 is 14.6 Å². The molecule has 2 heterocycles. The summed E-state index contributed by atoms with van der Waals surface area (Å²) < 4.78 is 10.9. The Labute approximate surface area is 95.6 Å². The van der Waals surface area contributed by atoms with Crippen molar-refractivity contribution in [1.29, 1.82) is 0 Å². The maximum atomic E-state index is 5.67. The second kappa shape index (κ2) is 4.51. The summed E-state index contributed by atoms with van der Waals surface area (Å²) in [5, 5.41) is 7.16. The van der Waals surface area contributed by atoms with Crippen molar-refractivity contribution in [3.8, 4) is 0 Å². The highest BCUT2D eigenvalue weighted by atomic mass is 16.5. The van der Waals surface area contributed by atoms with Gasteiger partial charge in [0.1, 0.15) is 5.60 Å². The largest absolute Gasteiger partial charge is 0.367 e. The second-order valence-corrected chi connectivity index (χ2v) is 4.59. The third-order valence-corrected chi connectivity index (χ3v) is 3.13. The molecule has 2 unspecified atom stereocenters. The van der Waals surface area contributed by atoms with Crippen LogP contribution in [-0.4, -0.2) is 29.8 Å². The molecule has 2 rings (SSSR count). The molecule has 1 aromatic rings. The second-order valence-electron chi connectivity index (χ2n) is 4.59. The van der Waals surface area contributed by atoms with Gasteiger partial charge in [0.25, 0.3) is 0 Å². The number of nitrogens with one attached hydrogen (secondary N) is 1. The molecular weight excluding hydrogens is 206 g/mol. The molecule has 1 fully saturated rings. The van der Waals surface area contributed by atoms with Crippen LogP contribution in [-0.2, 0) is 16.8 Å². The predicted molar refractivity (Wildman–Crippen MR) is 59.1 cm³/mol. The number of ether oxygens (including phenoxy) is 1. The number of nitrogens with zero attached hydrogens (tertiary/aromatic N) is 2. The molecule has 16 heavy (non-hydrogen) atoms. The molecule has 0 radical (unpaired) electrons. The normalized spacial score (nSPS) is 27.2. The predicted octanol–water partition coefficient (Wildman–Crippen LogP) is 1.25. The first kappa shape index (κ1) is 11.5. The summed E-state index contributed by atoms with van der Waals surface area (Å²) in [5.41, 5.74) is -0.343. The minimum atomic E-state index is -0.343. The van der Waals surface area contributed by atoms with Crippen LogP contribution in [0.2, 0.25) is 0 Å². The lowest BCUT2D eigenvalue weighted by atomic mass is 10.0. The summed E-state index contributed by atoms with van der Waals surface area (Å²) in [4.78, 5) is 4.41. The Morgan fingerprint density at radius 2 is 2.38 bits per heavy atom. The molecule has 0 spiro atoms. The van der Waals surface area contributed by atoms with E-state index in [1.807, 2.05) is 14.0 Å². The fourth-order valence-electron chi connectivity index (χ4n) is 1.87. The number of likely N-dealkylation sites (N-methyl/N-ethyl adjacent to an activating group) is 1. The van der Waals surface area contributed by atoms with Crippen molar-refractivity contribution in [2.75, 3.05) is 13.7 Å². The van der Waals surface area contributed by atoms with E-state index in [1.165, 1.54) is 0 Å². The minimum Gasteiger partial charge on any atom is -0.367 e. The summed E-state index contributed by atoms with van der Waals surface area (Å²) in [5.74, 6) is 1.36. The van der Waals surface area contributed by atoms with E-state index in [2.05, 4.69) is 22.4 Å². The van der Waals surface area contributed by atoms with Gasteiger partial charge in [0, 0.05) is 19.1 Å². The van der Waals surface area contributed by atoms with Gasteiger partial charge in [0.05, 0.1) is 0 Å². The van der Waals surface area contributed by atoms with Crippen LogP contribution in [0, 0.1) is 0 Å². The highest BCUT2D eigenvalue weighted by Crippen LogP contribution is 2.33.